The molecule has 1 aromatic rings. The highest BCUT2D eigenvalue weighted by Gasteiger charge is 2.25. The van der Waals surface area contributed by atoms with Gasteiger partial charge < -0.3 is 4.74 Å². The Morgan fingerprint density at radius 1 is 1.39 bits per heavy atom. The summed E-state index contributed by atoms with van der Waals surface area (Å²) < 4.78 is 8.51. The first-order chi connectivity index (χ1) is 8.70. The van der Waals surface area contributed by atoms with Crippen molar-refractivity contribution in [1.29, 1.82) is 0 Å². The van der Waals surface area contributed by atoms with E-state index in [0.29, 0.717) is 12.0 Å². The van der Waals surface area contributed by atoms with Gasteiger partial charge in [-0.1, -0.05) is 70.4 Å². The van der Waals surface area contributed by atoms with Crippen LogP contribution in [0.15, 0.2) is 28.7 Å². The van der Waals surface area contributed by atoms with Crippen LogP contribution in [0.5, 0.6) is 0 Å². The van der Waals surface area contributed by atoms with Crippen LogP contribution in [0.2, 0.25) is 0 Å². The molecule has 1 aliphatic rings. The molecule has 100 valence electrons. The van der Waals surface area contributed by atoms with Crippen LogP contribution in [0.1, 0.15) is 44.3 Å². The van der Waals surface area contributed by atoms with E-state index in [1.807, 2.05) is 0 Å². The van der Waals surface area contributed by atoms with Crippen LogP contribution in [-0.2, 0) is 4.74 Å². The minimum Gasteiger partial charge on any atom is -0.369 e. The van der Waals surface area contributed by atoms with Crippen LogP contribution >= 0.6 is 38.5 Å². The van der Waals surface area contributed by atoms with E-state index in [9.17, 15) is 0 Å². The van der Waals surface area contributed by atoms with E-state index < -0.39 is 0 Å². The van der Waals surface area contributed by atoms with Crippen LogP contribution in [0.3, 0.4) is 0 Å². The molecule has 18 heavy (non-hydrogen) atoms. The van der Waals surface area contributed by atoms with E-state index in [4.69, 9.17) is 4.74 Å². The maximum absolute atomic E-state index is 6.37. The fourth-order valence-electron chi connectivity index (χ4n) is 2.61. The Morgan fingerprint density at radius 3 is 2.83 bits per heavy atom. The number of hydrogen-bond acceptors (Lipinski definition) is 1. The Bertz CT molecular complexity index is 383. The first-order valence-corrected chi connectivity index (χ1v) is 8.99. The van der Waals surface area contributed by atoms with Crippen molar-refractivity contribution in [2.45, 2.75) is 44.8 Å². The number of hydrogen-bond donors (Lipinski definition) is 0. The Hall–Kier alpha value is 0.390. The predicted octanol–water partition coefficient (Wildman–Crippen LogP) is 5.52. The van der Waals surface area contributed by atoms with Gasteiger partial charge >= 0.3 is 0 Å². The van der Waals surface area contributed by atoms with Crippen LogP contribution in [0.25, 0.3) is 0 Å². The second kappa shape index (κ2) is 7.25. The zero-order valence-corrected chi connectivity index (χ0v) is 14.5. The van der Waals surface area contributed by atoms with Crippen molar-refractivity contribution in [2.24, 2.45) is 5.92 Å². The Balaban J connectivity index is 2.04. The molecular weight excluding hydrogens is 403 g/mol. The van der Waals surface area contributed by atoms with Crippen LogP contribution < -0.4 is 0 Å². The summed E-state index contributed by atoms with van der Waals surface area (Å²) in [5.74, 6) is 0.705. The SMILES string of the molecule is CC1CCCCC1OC(CI)c1cccc(Br)c1. The maximum Gasteiger partial charge on any atom is 0.0918 e. The summed E-state index contributed by atoms with van der Waals surface area (Å²) in [4.78, 5) is 0. The molecule has 3 heteroatoms. The van der Waals surface area contributed by atoms with Crippen LogP contribution in [0, 0.1) is 5.92 Å². The van der Waals surface area contributed by atoms with Crippen LogP contribution in [-0.4, -0.2) is 10.5 Å². The molecule has 0 heterocycles. The summed E-state index contributed by atoms with van der Waals surface area (Å²) in [7, 11) is 0. The first-order valence-electron chi connectivity index (χ1n) is 6.67. The summed E-state index contributed by atoms with van der Waals surface area (Å²) in [6, 6.07) is 8.50. The number of ether oxygens (including phenoxy) is 1. The molecule has 0 spiro atoms. The van der Waals surface area contributed by atoms with E-state index in [1.165, 1.54) is 31.2 Å². The number of alkyl halides is 1. The van der Waals surface area contributed by atoms with Gasteiger partial charge in [-0.15, -0.1) is 0 Å². The molecule has 1 aliphatic carbocycles. The van der Waals surface area contributed by atoms with Gasteiger partial charge in [-0.2, -0.15) is 0 Å². The molecule has 0 amide bonds. The summed E-state index contributed by atoms with van der Waals surface area (Å²) in [6.45, 7) is 2.33. The third-order valence-electron chi connectivity index (χ3n) is 3.73. The lowest BCUT2D eigenvalue weighted by Gasteiger charge is -2.32. The van der Waals surface area contributed by atoms with Gasteiger partial charge in [-0.3, -0.25) is 0 Å². The van der Waals surface area contributed by atoms with Crippen molar-refractivity contribution in [2.75, 3.05) is 4.43 Å². The zero-order chi connectivity index (χ0) is 13.0. The molecule has 0 radical (unpaired) electrons. The lowest BCUT2D eigenvalue weighted by Crippen LogP contribution is -2.27. The second-order valence-corrected chi connectivity index (χ2v) is 6.93. The van der Waals surface area contributed by atoms with Gasteiger partial charge in [0.2, 0.25) is 0 Å². The van der Waals surface area contributed by atoms with Gasteiger partial charge in [0.1, 0.15) is 0 Å². The quantitative estimate of drug-likeness (QED) is 0.458. The zero-order valence-electron chi connectivity index (χ0n) is 10.7. The molecule has 0 bridgehead atoms. The van der Waals surface area contributed by atoms with E-state index >= 15 is 0 Å². The van der Waals surface area contributed by atoms with E-state index in [0.717, 1.165) is 8.90 Å². The van der Waals surface area contributed by atoms with Gasteiger partial charge in [-0.05, 0) is 36.5 Å². The molecule has 1 saturated carbocycles. The highest BCUT2D eigenvalue weighted by atomic mass is 127. The average Bonchev–Trinajstić information content (AvgIpc) is 2.38. The van der Waals surface area contributed by atoms with Gasteiger partial charge in [0, 0.05) is 8.90 Å². The Morgan fingerprint density at radius 2 is 2.17 bits per heavy atom. The minimum absolute atomic E-state index is 0.230. The van der Waals surface area contributed by atoms with Gasteiger partial charge in [-0.25, -0.2) is 0 Å². The third-order valence-corrected chi connectivity index (χ3v) is 5.03. The minimum atomic E-state index is 0.230. The second-order valence-electron chi connectivity index (χ2n) is 5.13. The maximum atomic E-state index is 6.37. The molecule has 3 atom stereocenters. The van der Waals surface area contributed by atoms with E-state index in [2.05, 4.69) is 69.7 Å². The number of rotatable bonds is 4. The van der Waals surface area contributed by atoms with Gasteiger partial charge in [0.05, 0.1) is 12.2 Å². The highest BCUT2D eigenvalue weighted by Crippen LogP contribution is 2.32. The molecule has 2 rings (SSSR count). The summed E-state index contributed by atoms with van der Waals surface area (Å²) >= 11 is 5.97. The van der Waals surface area contributed by atoms with Crippen molar-refractivity contribution < 1.29 is 4.74 Å². The van der Waals surface area contributed by atoms with Crippen molar-refractivity contribution in [1.82, 2.24) is 0 Å². The molecule has 0 aliphatic heterocycles. The van der Waals surface area contributed by atoms with Crippen molar-refractivity contribution in [3.8, 4) is 0 Å². The molecule has 1 nitrogen and oxygen atoms in total. The molecule has 0 N–H and O–H groups in total. The first kappa shape index (κ1) is 14.8. The van der Waals surface area contributed by atoms with Crippen molar-refractivity contribution in [3.63, 3.8) is 0 Å². The normalized spacial score (nSPS) is 25.9. The van der Waals surface area contributed by atoms with Crippen LogP contribution in [0.4, 0.5) is 0 Å². The Labute approximate surface area is 132 Å². The Kier molecular flexibility index (Phi) is 5.96. The largest absolute Gasteiger partial charge is 0.369 e. The smallest absolute Gasteiger partial charge is 0.0918 e. The molecule has 1 fully saturated rings. The molecule has 0 aromatic heterocycles. The summed E-state index contributed by atoms with van der Waals surface area (Å²) in [5.41, 5.74) is 1.29. The number of halogens is 2. The summed E-state index contributed by atoms with van der Waals surface area (Å²) in [5, 5.41) is 0. The van der Waals surface area contributed by atoms with E-state index in [1.54, 1.807) is 0 Å². The molecule has 1 aromatic carbocycles. The van der Waals surface area contributed by atoms with Crippen molar-refractivity contribution >= 4 is 38.5 Å². The number of benzene rings is 1. The molecular formula is C15H20BrIO. The molecule has 0 saturated heterocycles. The average molecular weight is 423 g/mol. The monoisotopic (exact) mass is 422 g/mol. The van der Waals surface area contributed by atoms with E-state index in [-0.39, 0.29) is 6.10 Å². The lowest BCUT2D eigenvalue weighted by molar-refractivity contribution is -0.0461. The van der Waals surface area contributed by atoms with Crippen molar-refractivity contribution in [3.05, 3.63) is 34.3 Å². The topological polar surface area (TPSA) is 9.23 Å². The van der Waals surface area contributed by atoms with Gasteiger partial charge in [0.15, 0.2) is 0 Å². The third kappa shape index (κ3) is 3.94. The highest BCUT2D eigenvalue weighted by molar-refractivity contribution is 14.1. The summed E-state index contributed by atoms with van der Waals surface area (Å²) in [6.07, 6.45) is 5.90. The predicted molar refractivity (Wildman–Crippen MR) is 88.3 cm³/mol. The fourth-order valence-corrected chi connectivity index (χ4v) is 3.74. The standard InChI is InChI=1S/C15H20BrIO/c1-11-5-2-3-8-14(11)18-15(10-17)12-6-4-7-13(16)9-12/h4,6-7,9,11,14-15H,2-3,5,8,10H2,1H3. The van der Waals surface area contributed by atoms with Gasteiger partial charge in [0.25, 0.3) is 0 Å². The lowest BCUT2D eigenvalue weighted by atomic mass is 9.88. The fraction of sp³-hybridized carbons (Fsp3) is 0.600. The molecule has 3 unspecified atom stereocenters.